The molecule has 1 fully saturated rings. The van der Waals surface area contributed by atoms with Gasteiger partial charge in [0.25, 0.3) is 0 Å². The van der Waals surface area contributed by atoms with E-state index in [9.17, 15) is 0 Å². The first kappa shape index (κ1) is 19.0. The molecule has 134 valence electrons. The fourth-order valence-corrected chi connectivity index (χ4v) is 2.76. The Morgan fingerprint density at radius 3 is 2.28 bits per heavy atom. The maximum absolute atomic E-state index is 4.80. The van der Waals surface area contributed by atoms with Crippen LogP contribution in [0.3, 0.4) is 0 Å². The molecule has 0 aromatic carbocycles. The Morgan fingerprint density at radius 2 is 1.68 bits per heavy atom. The Morgan fingerprint density at radius 1 is 1.04 bits per heavy atom. The molecular formula is C21H30N4. The molecule has 0 aliphatic carbocycles. The Bertz CT molecular complexity index is 662. The third-order valence-electron chi connectivity index (χ3n) is 4.37. The molecule has 0 spiro atoms. The fourth-order valence-electron chi connectivity index (χ4n) is 2.76. The van der Waals surface area contributed by atoms with Gasteiger partial charge in [-0.3, -0.25) is 0 Å². The van der Waals surface area contributed by atoms with E-state index in [-0.39, 0.29) is 0 Å². The molecule has 0 radical (unpaired) electrons. The number of aromatic nitrogens is 2. The van der Waals surface area contributed by atoms with E-state index < -0.39 is 0 Å². The highest BCUT2D eigenvalue weighted by Crippen LogP contribution is 2.23. The highest BCUT2D eigenvalue weighted by Gasteiger charge is 2.16. The summed E-state index contributed by atoms with van der Waals surface area (Å²) in [5, 5.41) is 0. The zero-order valence-electron chi connectivity index (χ0n) is 15.8. The lowest BCUT2D eigenvalue weighted by Crippen LogP contribution is -2.27. The van der Waals surface area contributed by atoms with Crippen molar-refractivity contribution in [2.75, 3.05) is 32.1 Å². The summed E-state index contributed by atoms with van der Waals surface area (Å²) in [6, 6.07) is 1.98. The number of allylic oxidation sites excluding steroid dienone is 5. The molecule has 0 saturated carbocycles. The molecule has 4 heteroatoms. The minimum Gasteiger partial charge on any atom is -0.376 e. The molecule has 0 amide bonds. The molecule has 1 aromatic rings. The third kappa shape index (κ3) is 5.31. The lowest BCUT2D eigenvalue weighted by Gasteiger charge is -2.23. The molecule has 2 heterocycles. The van der Waals surface area contributed by atoms with Gasteiger partial charge in [-0.15, -0.1) is 0 Å². The van der Waals surface area contributed by atoms with Gasteiger partial charge in [-0.1, -0.05) is 50.3 Å². The molecule has 25 heavy (non-hydrogen) atoms. The summed E-state index contributed by atoms with van der Waals surface area (Å²) < 4.78 is 0. The zero-order valence-corrected chi connectivity index (χ0v) is 15.8. The maximum atomic E-state index is 4.80. The first-order chi connectivity index (χ1) is 12.0. The fraction of sp³-hybridized carbons (Fsp3) is 0.429. The lowest BCUT2D eigenvalue weighted by atomic mass is 10.1. The maximum Gasteiger partial charge on any atom is 0.226 e. The SMILES string of the molecule is C=C(/C=C\C=C/C)c1cc(C(=C)N(C)C)nc(N2CCCCCC2)n1. The molecule has 0 atom stereocenters. The van der Waals surface area contributed by atoms with Crippen molar-refractivity contribution in [2.45, 2.75) is 32.6 Å². The first-order valence-electron chi connectivity index (χ1n) is 9.02. The number of hydrogen-bond acceptors (Lipinski definition) is 4. The summed E-state index contributed by atoms with van der Waals surface area (Å²) in [6.07, 6.45) is 12.9. The van der Waals surface area contributed by atoms with Crippen molar-refractivity contribution in [3.05, 3.63) is 54.9 Å². The average Bonchev–Trinajstić information content (AvgIpc) is 2.90. The van der Waals surface area contributed by atoms with E-state index in [1.807, 2.05) is 56.3 Å². The third-order valence-corrected chi connectivity index (χ3v) is 4.37. The van der Waals surface area contributed by atoms with Crippen LogP contribution in [-0.2, 0) is 0 Å². The van der Waals surface area contributed by atoms with E-state index in [2.05, 4.69) is 18.1 Å². The second-order valence-corrected chi connectivity index (χ2v) is 6.59. The van der Waals surface area contributed by atoms with Gasteiger partial charge in [-0.25, -0.2) is 9.97 Å². The molecule has 4 nitrogen and oxygen atoms in total. The van der Waals surface area contributed by atoms with E-state index in [1.54, 1.807) is 0 Å². The number of anilines is 1. The van der Waals surface area contributed by atoms with E-state index in [1.165, 1.54) is 25.7 Å². The number of rotatable bonds is 6. The normalized spacial score (nSPS) is 15.6. The van der Waals surface area contributed by atoms with Crippen molar-refractivity contribution in [1.29, 1.82) is 0 Å². The summed E-state index contributed by atoms with van der Waals surface area (Å²) in [5.74, 6) is 0.790. The smallest absolute Gasteiger partial charge is 0.226 e. The van der Waals surface area contributed by atoms with Crippen LogP contribution in [0.25, 0.3) is 11.3 Å². The van der Waals surface area contributed by atoms with Crippen molar-refractivity contribution in [3.8, 4) is 0 Å². The van der Waals surface area contributed by atoms with Crippen LogP contribution < -0.4 is 4.90 Å². The van der Waals surface area contributed by atoms with Gasteiger partial charge in [0.15, 0.2) is 0 Å². The van der Waals surface area contributed by atoms with Gasteiger partial charge in [0.2, 0.25) is 5.95 Å². The highest BCUT2D eigenvalue weighted by atomic mass is 15.3. The van der Waals surface area contributed by atoms with Crippen molar-refractivity contribution < 1.29 is 0 Å². The van der Waals surface area contributed by atoms with Crippen LogP contribution in [-0.4, -0.2) is 42.1 Å². The van der Waals surface area contributed by atoms with Gasteiger partial charge in [0.05, 0.1) is 17.1 Å². The second kappa shape index (κ2) is 9.21. The van der Waals surface area contributed by atoms with Crippen molar-refractivity contribution in [3.63, 3.8) is 0 Å². The quantitative estimate of drug-likeness (QED) is 0.713. The van der Waals surface area contributed by atoms with Crippen LogP contribution >= 0.6 is 0 Å². The Hall–Kier alpha value is -2.36. The molecule has 1 aromatic heterocycles. The summed E-state index contributed by atoms with van der Waals surface area (Å²) in [5.41, 5.74) is 3.47. The van der Waals surface area contributed by atoms with Gasteiger partial charge in [0.1, 0.15) is 0 Å². The molecule has 1 aliphatic rings. The number of hydrogen-bond donors (Lipinski definition) is 0. The molecule has 0 unspecified atom stereocenters. The molecule has 1 aliphatic heterocycles. The van der Waals surface area contributed by atoms with Gasteiger partial charge >= 0.3 is 0 Å². The Kier molecular flexibility index (Phi) is 6.99. The lowest BCUT2D eigenvalue weighted by molar-refractivity contribution is 0.590. The van der Waals surface area contributed by atoms with Crippen LogP contribution in [0, 0.1) is 0 Å². The molecule has 0 N–H and O–H groups in total. The van der Waals surface area contributed by atoms with E-state index in [4.69, 9.17) is 9.97 Å². The van der Waals surface area contributed by atoms with Crippen molar-refractivity contribution in [2.24, 2.45) is 0 Å². The largest absolute Gasteiger partial charge is 0.376 e. The highest BCUT2D eigenvalue weighted by molar-refractivity contribution is 5.73. The Labute approximate surface area is 152 Å². The van der Waals surface area contributed by atoms with Crippen LogP contribution in [0.15, 0.2) is 43.5 Å². The van der Waals surface area contributed by atoms with Crippen LogP contribution in [0.2, 0.25) is 0 Å². The van der Waals surface area contributed by atoms with Crippen LogP contribution in [0.4, 0.5) is 5.95 Å². The summed E-state index contributed by atoms with van der Waals surface area (Å²) in [4.78, 5) is 13.9. The molecule has 0 bridgehead atoms. The van der Waals surface area contributed by atoms with Gasteiger partial charge < -0.3 is 9.80 Å². The van der Waals surface area contributed by atoms with E-state index >= 15 is 0 Å². The first-order valence-corrected chi connectivity index (χ1v) is 9.02. The molecule has 1 saturated heterocycles. The van der Waals surface area contributed by atoms with Crippen molar-refractivity contribution in [1.82, 2.24) is 14.9 Å². The van der Waals surface area contributed by atoms with E-state index in [0.29, 0.717) is 0 Å². The van der Waals surface area contributed by atoms with Gasteiger partial charge in [-0.2, -0.15) is 0 Å². The van der Waals surface area contributed by atoms with Gasteiger partial charge in [-0.05, 0) is 31.4 Å². The molecule has 2 rings (SSSR count). The Balaban J connectivity index is 2.40. The van der Waals surface area contributed by atoms with E-state index in [0.717, 1.165) is 41.7 Å². The van der Waals surface area contributed by atoms with Crippen LogP contribution in [0.1, 0.15) is 44.0 Å². The van der Waals surface area contributed by atoms with Gasteiger partial charge in [0, 0.05) is 27.2 Å². The minimum absolute atomic E-state index is 0.790. The predicted octanol–water partition coefficient (Wildman–Crippen LogP) is 4.53. The second-order valence-electron chi connectivity index (χ2n) is 6.59. The van der Waals surface area contributed by atoms with Crippen molar-refractivity contribution >= 4 is 17.2 Å². The average molecular weight is 338 g/mol. The summed E-state index contributed by atoms with van der Waals surface area (Å²) in [6.45, 7) is 12.4. The summed E-state index contributed by atoms with van der Waals surface area (Å²) >= 11 is 0. The predicted molar refractivity (Wildman–Crippen MR) is 108 cm³/mol. The molecular weight excluding hydrogens is 308 g/mol. The summed E-state index contributed by atoms with van der Waals surface area (Å²) in [7, 11) is 3.97. The minimum atomic E-state index is 0.790. The monoisotopic (exact) mass is 338 g/mol. The standard InChI is InChI=1S/C21H30N4/c1-6-7-10-13-17(2)19-16-20(18(3)24(4)5)23-21(22-19)25-14-11-8-9-12-15-25/h6-7,10,13,16H,2-3,8-9,11-12,14-15H2,1,4-5H3/b7-6-,13-10-. The zero-order chi connectivity index (χ0) is 18.2. The number of nitrogens with zero attached hydrogens (tertiary/aromatic N) is 4. The topological polar surface area (TPSA) is 32.3 Å². The van der Waals surface area contributed by atoms with Crippen LogP contribution in [0.5, 0.6) is 0 Å².